The van der Waals surface area contributed by atoms with Gasteiger partial charge in [-0.25, -0.2) is 4.52 Å². The van der Waals surface area contributed by atoms with E-state index in [-0.39, 0.29) is 5.91 Å². The Morgan fingerprint density at radius 2 is 1.87 bits per heavy atom. The number of methoxy groups -OCH3 is 1. The molecule has 1 aromatic carbocycles. The molecule has 4 rings (SSSR count). The topological polar surface area (TPSA) is 55.6 Å². The summed E-state index contributed by atoms with van der Waals surface area (Å²) in [6, 6.07) is 12.1. The third-order valence-electron chi connectivity index (χ3n) is 6.58. The van der Waals surface area contributed by atoms with E-state index in [9.17, 15) is 4.79 Å². The SMILES string of the molecule is CCc1ccc2c(CC3CCCCC3)c(C(=O)NCc3ccc(OC)cc3)c(C)nn12. The second kappa shape index (κ2) is 9.54. The van der Waals surface area contributed by atoms with Crippen molar-refractivity contribution in [3.05, 3.63) is 64.5 Å². The highest BCUT2D eigenvalue weighted by atomic mass is 16.5. The van der Waals surface area contributed by atoms with Crippen molar-refractivity contribution in [2.24, 2.45) is 5.92 Å². The van der Waals surface area contributed by atoms with Crippen molar-refractivity contribution < 1.29 is 9.53 Å². The average Bonchev–Trinajstić information content (AvgIpc) is 3.21. The summed E-state index contributed by atoms with van der Waals surface area (Å²) < 4.78 is 7.27. The van der Waals surface area contributed by atoms with Crippen molar-refractivity contribution in [1.82, 2.24) is 14.9 Å². The van der Waals surface area contributed by atoms with E-state index in [1.807, 2.05) is 35.7 Å². The second-order valence-electron chi connectivity index (χ2n) is 8.65. The molecule has 5 nitrogen and oxygen atoms in total. The Labute approximate surface area is 184 Å². The van der Waals surface area contributed by atoms with Crippen LogP contribution in [0.2, 0.25) is 0 Å². The van der Waals surface area contributed by atoms with Gasteiger partial charge >= 0.3 is 0 Å². The van der Waals surface area contributed by atoms with Crippen LogP contribution in [0.4, 0.5) is 0 Å². The summed E-state index contributed by atoms with van der Waals surface area (Å²) >= 11 is 0. The molecule has 1 aliphatic carbocycles. The number of hydrogen-bond acceptors (Lipinski definition) is 3. The minimum Gasteiger partial charge on any atom is -0.497 e. The molecule has 0 bridgehead atoms. The largest absolute Gasteiger partial charge is 0.497 e. The number of rotatable bonds is 7. The molecular weight excluding hydrogens is 386 g/mol. The number of hydrogen-bond donors (Lipinski definition) is 1. The Bertz CT molecular complexity index is 1050. The zero-order valence-corrected chi connectivity index (χ0v) is 18.9. The molecule has 0 aliphatic heterocycles. The fourth-order valence-electron chi connectivity index (χ4n) is 4.83. The summed E-state index contributed by atoms with van der Waals surface area (Å²) in [4.78, 5) is 13.4. The predicted molar refractivity (Wildman–Crippen MR) is 124 cm³/mol. The average molecular weight is 420 g/mol. The highest BCUT2D eigenvalue weighted by molar-refractivity contribution is 5.98. The molecule has 31 heavy (non-hydrogen) atoms. The van der Waals surface area contributed by atoms with E-state index in [0.29, 0.717) is 12.5 Å². The number of aromatic nitrogens is 2. The number of carbonyl (C=O) groups is 1. The fraction of sp³-hybridized carbons (Fsp3) is 0.462. The van der Waals surface area contributed by atoms with Crippen molar-refractivity contribution in [2.45, 2.75) is 65.3 Å². The molecule has 3 aromatic rings. The minimum absolute atomic E-state index is 0.0339. The van der Waals surface area contributed by atoms with E-state index in [1.165, 1.54) is 37.8 Å². The maximum Gasteiger partial charge on any atom is 0.253 e. The number of amides is 1. The van der Waals surface area contributed by atoms with Crippen LogP contribution in [0.15, 0.2) is 36.4 Å². The summed E-state index contributed by atoms with van der Waals surface area (Å²) in [5.41, 5.74) is 6.04. The second-order valence-corrected chi connectivity index (χ2v) is 8.65. The molecule has 0 atom stereocenters. The van der Waals surface area contributed by atoms with E-state index >= 15 is 0 Å². The van der Waals surface area contributed by atoms with E-state index in [0.717, 1.165) is 46.5 Å². The van der Waals surface area contributed by atoms with E-state index in [4.69, 9.17) is 9.84 Å². The Kier molecular flexibility index (Phi) is 6.59. The van der Waals surface area contributed by atoms with Crippen molar-refractivity contribution in [3.8, 4) is 5.75 Å². The molecular formula is C26H33N3O2. The molecule has 0 spiro atoms. The van der Waals surface area contributed by atoms with Gasteiger partial charge in [-0.1, -0.05) is 51.2 Å². The first-order valence-electron chi connectivity index (χ1n) is 11.5. The summed E-state index contributed by atoms with van der Waals surface area (Å²) in [6.07, 6.45) is 8.31. The quantitative estimate of drug-likeness (QED) is 0.568. The van der Waals surface area contributed by atoms with Gasteiger partial charge in [0.05, 0.1) is 23.9 Å². The molecule has 2 heterocycles. The van der Waals surface area contributed by atoms with Crippen LogP contribution in [0.5, 0.6) is 5.75 Å². The lowest BCUT2D eigenvalue weighted by atomic mass is 9.83. The number of fused-ring (bicyclic) bond motifs is 1. The Balaban J connectivity index is 1.64. The number of nitrogens with zero attached hydrogens (tertiary/aromatic N) is 2. The van der Waals surface area contributed by atoms with Crippen molar-refractivity contribution in [2.75, 3.05) is 7.11 Å². The van der Waals surface area contributed by atoms with Crippen LogP contribution >= 0.6 is 0 Å². The summed E-state index contributed by atoms with van der Waals surface area (Å²) in [5, 5.41) is 7.93. The van der Waals surface area contributed by atoms with E-state index in [2.05, 4.69) is 24.4 Å². The first-order chi connectivity index (χ1) is 15.1. The monoisotopic (exact) mass is 419 g/mol. The van der Waals surface area contributed by atoms with Crippen LogP contribution in [-0.4, -0.2) is 22.6 Å². The zero-order valence-electron chi connectivity index (χ0n) is 18.9. The molecule has 1 fully saturated rings. The smallest absolute Gasteiger partial charge is 0.253 e. The lowest BCUT2D eigenvalue weighted by Gasteiger charge is -2.24. The van der Waals surface area contributed by atoms with Gasteiger partial charge in [-0.05, 0) is 61.1 Å². The summed E-state index contributed by atoms with van der Waals surface area (Å²) in [5.74, 6) is 1.43. The first kappa shape index (κ1) is 21.4. The standard InChI is InChI=1S/C26H33N3O2/c1-4-21-12-15-24-23(16-19-8-6-5-7-9-19)25(18(2)28-29(21)24)26(30)27-17-20-10-13-22(31-3)14-11-20/h10-15,19H,4-9,16-17H2,1-3H3,(H,27,30). The summed E-state index contributed by atoms with van der Waals surface area (Å²) in [6.45, 7) is 4.60. The molecule has 164 valence electrons. The number of nitrogens with one attached hydrogen (secondary N) is 1. The van der Waals surface area contributed by atoms with Gasteiger partial charge in [-0.3, -0.25) is 4.79 Å². The van der Waals surface area contributed by atoms with E-state index < -0.39 is 0 Å². The lowest BCUT2D eigenvalue weighted by Crippen LogP contribution is -2.27. The number of carbonyl (C=O) groups excluding carboxylic acids is 1. The third kappa shape index (κ3) is 4.60. The van der Waals surface area contributed by atoms with Crippen LogP contribution in [0.3, 0.4) is 0 Å². The van der Waals surface area contributed by atoms with Gasteiger partial charge < -0.3 is 10.1 Å². The molecule has 5 heteroatoms. The normalized spacial score (nSPS) is 14.7. The van der Waals surface area contributed by atoms with Crippen molar-refractivity contribution in [3.63, 3.8) is 0 Å². The van der Waals surface area contributed by atoms with Gasteiger partial charge in [-0.2, -0.15) is 5.10 Å². The fourth-order valence-corrected chi connectivity index (χ4v) is 4.83. The van der Waals surface area contributed by atoms with Crippen LogP contribution < -0.4 is 10.1 Å². The van der Waals surface area contributed by atoms with Gasteiger partial charge in [0, 0.05) is 12.2 Å². The molecule has 0 saturated heterocycles. The van der Waals surface area contributed by atoms with E-state index in [1.54, 1.807) is 7.11 Å². The Hall–Kier alpha value is -2.82. The molecule has 0 unspecified atom stereocenters. The molecule has 1 N–H and O–H groups in total. The van der Waals surface area contributed by atoms with Gasteiger partial charge in [0.15, 0.2) is 0 Å². The highest BCUT2D eigenvalue weighted by Gasteiger charge is 2.24. The first-order valence-corrected chi connectivity index (χ1v) is 11.5. The number of aryl methyl sites for hydroxylation is 2. The van der Waals surface area contributed by atoms with Gasteiger partial charge in [0.25, 0.3) is 5.91 Å². The number of ether oxygens (including phenoxy) is 1. The minimum atomic E-state index is -0.0339. The Morgan fingerprint density at radius 1 is 1.13 bits per heavy atom. The van der Waals surface area contributed by atoms with Crippen molar-refractivity contribution in [1.29, 1.82) is 0 Å². The number of benzene rings is 1. The van der Waals surface area contributed by atoms with Crippen LogP contribution in [0.1, 0.15) is 71.9 Å². The van der Waals surface area contributed by atoms with Gasteiger partial charge in [0.1, 0.15) is 5.75 Å². The molecule has 1 aliphatic rings. The van der Waals surface area contributed by atoms with Crippen molar-refractivity contribution >= 4 is 11.4 Å². The Morgan fingerprint density at radius 3 is 2.55 bits per heavy atom. The van der Waals surface area contributed by atoms with Crippen LogP contribution in [0.25, 0.3) is 5.52 Å². The molecule has 1 amide bonds. The van der Waals surface area contributed by atoms with Crippen LogP contribution in [0, 0.1) is 12.8 Å². The lowest BCUT2D eigenvalue weighted by molar-refractivity contribution is 0.0948. The van der Waals surface area contributed by atoms with Gasteiger partial charge in [0.2, 0.25) is 0 Å². The van der Waals surface area contributed by atoms with Gasteiger partial charge in [-0.15, -0.1) is 0 Å². The molecule has 0 radical (unpaired) electrons. The maximum atomic E-state index is 13.4. The maximum absolute atomic E-state index is 13.4. The third-order valence-corrected chi connectivity index (χ3v) is 6.58. The predicted octanol–water partition coefficient (Wildman–Crippen LogP) is 5.27. The molecule has 1 saturated carbocycles. The van der Waals surface area contributed by atoms with Crippen LogP contribution in [-0.2, 0) is 19.4 Å². The summed E-state index contributed by atoms with van der Waals surface area (Å²) in [7, 11) is 1.65. The highest BCUT2D eigenvalue weighted by Crippen LogP contribution is 2.31. The molecule has 2 aromatic heterocycles. The zero-order chi connectivity index (χ0) is 21.8.